The van der Waals surface area contributed by atoms with Crippen LogP contribution in [0.4, 0.5) is 13.2 Å². The number of piperazine rings is 1. The van der Waals surface area contributed by atoms with Crippen LogP contribution in [0.25, 0.3) is 0 Å². The summed E-state index contributed by atoms with van der Waals surface area (Å²) in [4.78, 5) is 3.62. The van der Waals surface area contributed by atoms with E-state index in [-0.39, 0.29) is 5.54 Å². The van der Waals surface area contributed by atoms with Gasteiger partial charge in [0, 0.05) is 36.2 Å². The number of hydrogen-bond donors (Lipinski definition) is 0. The van der Waals surface area contributed by atoms with E-state index in [0.717, 1.165) is 4.48 Å². The first kappa shape index (κ1) is 15.0. The number of rotatable bonds is 3. The lowest BCUT2D eigenvalue weighted by molar-refractivity contribution is -0.154. The van der Waals surface area contributed by atoms with Crippen LogP contribution in [0.15, 0.2) is 11.1 Å². The van der Waals surface area contributed by atoms with Gasteiger partial charge >= 0.3 is 6.18 Å². The van der Waals surface area contributed by atoms with E-state index >= 15 is 0 Å². The SMILES string of the molecule is C=C(Br)CN1CCN(CC(F)(F)F)CC1(C)C. The maximum atomic E-state index is 12.3. The molecule has 0 atom stereocenters. The van der Waals surface area contributed by atoms with E-state index in [1.54, 1.807) is 0 Å². The highest BCUT2D eigenvalue weighted by Crippen LogP contribution is 2.25. The van der Waals surface area contributed by atoms with Crippen LogP contribution in [0.2, 0.25) is 0 Å². The zero-order valence-corrected chi connectivity index (χ0v) is 11.7. The van der Waals surface area contributed by atoms with E-state index in [2.05, 4.69) is 27.4 Å². The molecule has 100 valence electrons. The third kappa shape index (κ3) is 4.97. The summed E-state index contributed by atoms with van der Waals surface area (Å²) in [5.41, 5.74) is -0.264. The fraction of sp³-hybridized carbons (Fsp3) is 0.818. The fourth-order valence-electron chi connectivity index (χ4n) is 2.18. The molecule has 0 aliphatic carbocycles. The topological polar surface area (TPSA) is 6.48 Å². The van der Waals surface area contributed by atoms with Gasteiger partial charge in [-0.05, 0) is 13.8 Å². The minimum absolute atomic E-state index is 0.264. The quantitative estimate of drug-likeness (QED) is 0.790. The van der Waals surface area contributed by atoms with Crippen LogP contribution in [-0.2, 0) is 0 Å². The van der Waals surface area contributed by atoms with Crippen LogP contribution in [0.1, 0.15) is 13.8 Å². The van der Waals surface area contributed by atoms with Gasteiger partial charge in [-0.3, -0.25) is 9.80 Å². The van der Waals surface area contributed by atoms with E-state index in [1.165, 1.54) is 4.90 Å². The molecule has 0 radical (unpaired) electrons. The Morgan fingerprint density at radius 3 is 2.35 bits per heavy atom. The molecule has 0 unspecified atom stereocenters. The largest absolute Gasteiger partial charge is 0.401 e. The number of nitrogens with zero attached hydrogens (tertiary/aromatic N) is 2. The van der Waals surface area contributed by atoms with Gasteiger partial charge in [0.05, 0.1) is 6.54 Å². The van der Waals surface area contributed by atoms with Gasteiger partial charge in [-0.2, -0.15) is 13.2 Å². The Labute approximate surface area is 109 Å². The first-order valence-electron chi connectivity index (χ1n) is 5.47. The average molecular weight is 315 g/mol. The molecule has 0 aromatic rings. The predicted octanol–water partition coefficient (Wildman–Crippen LogP) is 2.85. The van der Waals surface area contributed by atoms with Crippen molar-refractivity contribution in [3.05, 3.63) is 11.1 Å². The third-order valence-electron chi connectivity index (χ3n) is 2.92. The first-order chi connectivity index (χ1) is 7.60. The van der Waals surface area contributed by atoms with Crippen molar-refractivity contribution >= 4 is 15.9 Å². The van der Waals surface area contributed by atoms with Gasteiger partial charge in [0.15, 0.2) is 0 Å². The molecule has 1 aliphatic heterocycles. The van der Waals surface area contributed by atoms with E-state index in [0.29, 0.717) is 26.2 Å². The molecular formula is C11H18BrF3N2. The third-order valence-corrected chi connectivity index (χ3v) is 3.17. The molecule has 2 nitrogen and oxygen atoms in total. The molecule has 0 aromatic carbocycles. The van der Waals surface area contributed by atoms with Crippen molar-refractivity contribution in [2.75, 3.05) is 32.7 Å². The Balaban J connectivity index is 2.59. The summed E-state index contributed by atoms with van der Waals surface area (Å²) in [6, 6.07) is 0. The summed E-state index contributed by atoms with van der Waals surface area (Å²) in [7, 11) is 0. The molecule has 1 fully saturated rings. The van der Waals surface area contributed by atoms with Crippen LogP contribution >= 0.6 is 15.9 Å². The van der Waals surface area contributed by atoms with Crippen molar-refractivity contribution in [1.29, 1.82) is 0 Å². The fourth-order valence-corrected chi connectivity index (χ4v) is 2.48. The van der Waals surface area contributed by atoms with Crippen LogP contribution in [0.3, 0.4) is 0 Å². The van der Waals surface area contributed by atoms with Crippen molar-refractivity contribution in [3.63, 3.8) is 0 Å². The molecule has 0 bridgehead atoms. The molecule has 0 amide bonds. The van der Waals surface area contributed by atoms with Crippen molar-refractivity contribution in [2.45, 2.75) is 25.6 Å². The van der Waals surface area contributed by atoms with Crippen LogP contribution in [-0.4, -0.2) is 54.2 Å². The number of alkyl halides is 3. The van der Waals surface area contributed by atoms with E-state index < -0.39 is 12.7 Å². The van der Waals surface area contributed by atoms with Gasteiger partial charge in [0.25, 0.3) is 0 Å². The van der Waals surface area contributed by atoms with E-state index in [9.17, 15) is 13.2 Å². The average Bonchev–Trinajstić information content (AvgIpc) is 2.05. The monoisotopic (exact) mass is 314 g/mol. The second-order valence-electron chi connectivity index (χ2n) is 5.08. The Bertz CT molecular complexity index is 289. The Morgan fingerprint density at radius 1 is 1.35 bits per heavy atom. The van der Waals surface area contributed by atoms with Crippen molar-refractivity contribution in [1.82, 2.24) is 9.80 Å². The highest BCUT2D eigenvalue weighted by atomic mass is 79.9. The summed E-state index contributed by atoms with van der Waals surface area (Å²) in [5, 5.41) is 0. The van der Waals surface area contributed by atoms with E-state index in [1.807, 2.05) is 13.8 Å². The molecule has 1 rings (SSSR count). The number of halogens is 4. The van der Waals surface area contributed by atoms with Crippen molar-refractivity contribution in [3.8, 4) is 0 Å². The smallest absolute Gasteiger partial charge is 0.292 e. The van der Waals surface area contributed by atoms with Crippen LogP contribution in [0.5, 0.6) is 0 Å². The zero-order valence-electron chi connectivity index (χ0n) is 10.1. The highest BCUT2D eigenvalue weighted by Gasteiger charge is 2.38. The second kappa shape index (κ2) is 5.28. The van der Waals surface area contributed by atoms with Crippen molar-refractivity contribution < 1.29 is 13.2 Å². The maximum absolute atomic E-state index is 12.3. The van der Waals surface area contributed by atoms with Gasteiger partial charge < -0.3 is 0 Å². The summed E-state index contributed by atoms with van der Waals surface area (Å²) in [6.07, 6.45) is -4.11. The maximum Gasteiger partial charge on any atom is 0.401 e. The molecule has 1 saturated heterocycles. The summed E-state index contributed by atoms with van der Waals surface area (Å²) in [6.45, 7) is 9.06. The molecule has 0 spiro atoms. The summed E-state index contributed by atoms with van der Waals surface area (Å²) in [5.74, 6) is 0. The molecule has 0 saturated carbocycles. The van der Waals surface area contributed by atoms with E-state index in [4.69, 9.17) is 0 Å². The van der Waals surface area contributed by atoms with Crippen LogP contribution in [0, 0.1) is 0 Å². The standard InChI is InChI=1S/C11H18BrF3N2/c1-9(12)6-17-5-4-16(7-10(17,2)3)8-11(13,14)15/h1,4-8H2,2-3H3. The van der Waals surface area contributed by atoms with Gasteiger partial charge in [-0.25, -0.2) is 0 Å². The second-order valence-corrected chi connectivity index (χ2v) is 6.20. The summed E-state index contributed by atoms with van der Waals surface area (Å²) < 4.78 is 37.8. The Kier molecular flexibility index (Phi) is 4.66. The van der Waals surface area contributed by atoms with Gasteiger partial charge in [0.1, 0.15) is 0 Å². The Morgan fingerprint density at radius 2 is 1.94 bits per heavy atom. The molecule has 1 heterocycles. The normalized spacial score (nSPS) is 22.7. The van der Waals surface area contributed by atoms with Crippen molar-refractivity contribution in [2.24, 2.45) is 0 Å². The minimum Gasteiger partial charge on any atom is -0.292 e. The predicted molar refractivity (Wildman–Crippen MR) is 66.2 cm³/mol. The summed E-state index contributed by atoms with van der Waals surface area (Å²) >= 11 is 3.30. The minimum atomic E-state index is -4.11. The van der Waals surface area contributed by atoms with Crippen LogP contribution < -0.4 is 0 Å². The highest BCUT2D eigenvalue weighted by molar-refractivity contribution is 9.11. The number of hydrogen-bond acceptors (Lipinski definition) is 2. The molecule has 1 aliphatic rings. The molecule has 0 N–H and O–H groups in total. The van der Waals surface area contributed by atoms with Gasteiger partial charge in [-0.1, -0.05) is 22.5 Å². The lowest BCUT2D eigenvalue weighted by atomic mass is 9.99. The lowest BCUT2D eigenvalue weighted by Gasteiger charge is -2.47. The molecular weight excluding hydrogens is 297 g/mol. The molecule has 6 heteroatoms. The lowest BCUT2D eigenvalue weighted by Crippen LogP contribution is -2.60. The molecule has 0 aromatic heterocycles. The first-order valence-corrected chi connectivity index (χ1v) is 6.27. The van der Waals surface area contributed by atoms with Gasteiger partial charge in [0.2, 0.25) is 0 Å². The Hall–Kier alpha value is -0.0700. The molecule has 17 heavy (non-hydrogen) atoms. The van der Waals surface area contributed by atoms with Gasteiger partial charge in [-0.15, -0.1) is 0 Å². The zero-order chi connectivity index (χ0) is 13.3.